The van der Waals surface area contributed by atoms with Gasteiger partial charge in [0.15, 0.2) is 0 Å². The topological polar surface area (TPSA) is 96.0 Å². The van der Waals surface area contributed by atoms with Crippen molar-refractivity contribution in [2.24, 2.45) is 0 Å². The molecular formula is C25H35N3O5S. The van der Waals surface area contributed by atoms with Crippen molar-refractivity contribution < 1.29 is 22.7 Å². The number of benzene rings is 2. The lowest BCUT2D eigenvalue weighted by Gasteiger charge is -2.32. The summed E-state index contributed by atoms with van der Waals surface area (Å²) < 4.78 is 31.6. The van der Waals surface area contributed by atoms with Crippen LogP contribution in [0.5, 0.6) is 5.75 Å². The van der Waals surface area contributed by atoms with Crippen LogP contribution in [-0.2, 0) is 26.0 Å². The van der Waals surface area contributed by atoms with Crippen molar-refractivity contribution in [2.75, 3.05) is 30.8 Å². The summed E-state index contributed by atoms with van der Waals surface area (Å²) in [6.07, 6.45) is 2.33. The smallest absolute Gasteiger partial charge is 0.244 e. The largest absolute Gasteiger partial charge is 0.495 e. The van der Waals surface area contributed by atoms with Gasteiger partial charge < -0.3 is 15.0 Å². The van der Waals surface area contributed by atoms with Crippen LogP contribution in [0.4, 0.5) is 5.69 Å². The van der Waals surface area contributed by atoms with Gasteiger partial charge in [0.1, 0.15) is 18.3 Å². The molecule has 0 fully saturated rings. The average Bonchev–Trinajstić information content (AvgIpc) is 2.82. The lowest BCUT2D eigenvalue weighted by Crippen LogP contribution is -2.53. The van der Waals surface area contributed by atoms with E-state index >= 15 is 0 Å². The molecule has 0 aromatic heterocycles. The van der Waals surface area contributed by atoms with E-state index in [0.29, 0.717) is 12.2 Å². The molecule has 2 rings (SSSR count). The number of anilines is 1. The number of sulfonamides is 1. The Labute approximate surface area is 202 Å². The second-order valence-corrected chi connectivity index (χ2v) is 10.2. The van der Waals surface area contributed by atoms with Crippen LogP contribution < -0.4 is 14.4 Å². The van der Waals surface area contributed by atoms with E-state index in [1.807, 2.05) is 44.2 Å². The summed E-state index contributed by atoms with van der Waals surface area (Å²) >= 11 is 0. The number of carbonyl (C=O) groups excluding carboxylic acids is 2. The van der Waals surface area contributed by atoms with E-state index in [9.17, 15) is 18.0 Å². The third-order valence-electron chi connectivity index (χ3n) is 5.69. The summed E-state index contributed by atoms with van der Waals surface area (Å²) in [6.45, 7) is 5.34. The van der Waals surface area contributed by atoms with Gasteiger partial charge in [-0.15, -0.1) is 0 Å². The first-order valence-corrected chi connectivity index (χ1v) is 13.2. The zero-order valence-electron chi connectivity index (χ0n) is 20.5. The Morgan fingerprint density at radius 1 is 1.03 bits per heavy atom. The van der Waals surface area contributed by atoms with Gasteiger partial charge in [0, 0.05) is 12.6 Å². The highest BCUT2D eigenvalue weighted by Gasteiger charge is 2.31. The number of ether oxygens (including phenoxy) is 1. The highest BCUT2D eigenvalue weighted by molar-refractivity contribution is 7.92. The van der Waals surface area contributed by atoms with Crippen LogP contribution in [0.2, 0.25) is 0 Å². The lowest BCUT2D eigenvalue weighted by atomic mass is 10.1. The summed E-state index contributed by atoms with van der Waals surface area (Å²) in [6, 6.07) is 15.4. The SMILES string of the molecule is CCC(C)NC(=O)C(C)N(CCc1ccccc1)C(=O)CN(c1ccccc1OC)S(C)(=O)=O. The molecule has 1 N–H and O–H groups in total. The number of nitrogens with one attached hydrogen (secondary N) is 1. The molecule has 0 saturated heterocycles. The molecule has 0 aliphatic rings. The van der Waals surface area contributed by atoms with Crippen LogP contribution in [0, 0.1) is 0 Å². The Morgan fingerprint density at radius 3 is 2.24 bits per heavy atom. The van der Waals surface area contributed by atoms with Crippen LogP contribution in [0.25, 0.3) is 0 Å². The maximum Gasteiger partial charge on any atom is 0.244 e. The minimum atomic E-state index is -3.81. The fourth-order valence-corrected chi connectivity index (χ4v) is 4.32. The van der Waals surface area contributed by atoms with Crippen LogP contribution in [0.1, 0.15) is 32.8 Å². The summed E-state index contributed by atoms with van der Waals surface area (Å²) in [7, 11) is -2.37. The highest BCUT2D eigenvalue weighted by atomic mass is 32.2. The standard InChI is InChI=1S/C25H35N3O5S/c1-6-19(2)26-25(30)20(3)27(17-16-21-12-8-7-9-13-21)24(29)18-28(34(5,31)32)22-14-10-11-15-23(22)33-4/h7-15,19-20H,6,16-18H2,1-5H3,(H,26,30). The quantitative estimate of drug-likeness (QED) is 0.495. The molecule has 2 amide bonds. The first-order valence-electron chi connectivity index (χ1n) is 11.3. The summed E-state index contributed by atoms with van der Waals surface area (Å²) in [5.41, 5.74) is 1.28. The van der Waals surface area contributed by atoms with Gasteiger partial charge in [0.05, 0.1) is 19.1 Å². The molecule has 0 spiro atoms. The molecule has 0 saturated carbocycles. The van der Waals surface area contributed by atoms with Crippen molar-refractivity contribution in [3.63, 3.8) is 0 Å². The predicted molar refractivity (Wildman–Crippen MR) is 134 cm³/mol. The molecule has 2 aromatic rings. The molecule has 2 unspecified atom stereocenters. The fourth-order valence-electron chi connectivity index (χ4n) is 3.47. The third-order valence-corrected chi connectivity index (χ3v) is 6.81. The number of amides is 2. The Hall–Kier alpha value is -3.07. The highest BCUT2D eigenvalue weighted by Crippen LogP contribution is 2.29. The molecule has 0 radical (unpaired) electrons. The van der Waals surface area contributed by atoms with Gasteiger partial charge in [-0.3, -0.25) is 13.9 Å². The van der Waals surface area contributed by atoms with Crippen LogP contribution in [0.15, 0.2) is 54.6 Å². The van der Waals surface area contributed by atoms with E-state index in [1.54, 1.807) is 31.2 Å². The molecule has 8 nitrogen and oxygen atoms in total. The van der Waals surface area contributed by atoms with Crippen LogP contribution >= 0.6 is 0 Å². The summed E-state index contributed by atoms with van der Waals surface area (Å²) in [4.78, 5) is 27.8. The number of nitrogens with zero attached hydrogens (tertiary/aromatic N) is 2. The Kier molecular flexibility index (Phi) is 9.92. The van der Waals surface area contributed by atoms with Gasteiger partial charge in [-0.05, 0) is 44.4 Å². The molecule has 0 aliphatic carbocycles. The Balaban J connectivity index is 2.34. The molecule has 2 atom stereocenters. The summed E-state index contributed by atoms with van der Waals surface area (Å²) in [5, 5.41) is 2.91. The number of carbonyl (C=O) groups is 2. The molecule has 186 valence electrons. The molecule has 0 bridgehead atoms. The van der Waals surface area contributed by atoms with Gasteiger partial charge in [-0.1, -0.05) is 49.4 Å². The molecule has 0 heterocycles. The first-order chi connectivity index (χ1) is 16.1. The monoisotopic (exact) mass is 489 g/mol. The Bertz CT molecular complexity index is 1060. The van der Waals surface area contributed by atoms with E-state index in [4.69, 9.17) is 4.74 Å². The molecule has 9 heteroatoms. The Morgan fingerprint density at radius 2 is 1.65 bits per heavy atom. The van der Waals surface area contributed by atoms with Gasteiger partial charge in [0.2, 0.25) is 21.8 Å². The molecule has 34 heavy (non-hydrogen) atoms. The van der Waals surface area contributed by atoms with Gasteiger partial charge >= 0.3 is 0 Å². The second kappa shape index (κ2) is 12.4. The maximum absolute atomic E-state index is 13.5. The minimum absolute atomic E-state index is 0.0397. The van der Waals surface area contributed by atoms with Crippen molar-refractivity contribution in [1.82, 2.24) is 10.2 Å². The van der Waals surface area contributed by atoms with Gasteiger partial charge in [0.25, 0.3) is 0 Å². The predicted octanol–water partition coefficient (Wildman–Crippen LogP) is 2.84. The second-order valence-electron chi connectivity index (χ2n) is 8.26. The van der Waals surface area contributed by atoms with Gasteiger partial charge in [-0.25, -0.2) is 8.42 Å². The van der Waals surface area contributed by atoms with E-state index < -0.39 is 28.5 Å². The van der Waals surface area contributed by atoms with Crippen molar-refractivity contribution in [3.05, 3.63) is 60.2 Å². The number of hydrogen-bond donors (Lipinski definition) is 1. The third kappa shape index (κ3) is 7.48. The first kappa shape index (κ1) is 27.2. The normalized spacial score (nSPS) is 13.0. The van der Waals surface area contributed by atoms with Crippen LogP contribution in [0.3, 0.4) is 0 Å². The molecular weight excluding hydrogens is 454 g/mol. The fraction of sp³-hybridized carbons (Fsp3) is 0.440. The minimum Gasteiger partial charge on any atom is -0.495 e. The van der Waals surface area contributed by atoms with Gasteiger partial charge in [-0.2, -0.15) is 0 Å². The zero-order valence-corrected chi connectivity index (χ0v) is 21.3. The van der Waals surface area contributed by atoms with E-state index in [2.05, 4.69) is 5.32 Å². The number of rotatable bonds is 12. The van der Waals surface area contributed by atoms with E-state index in [0.717, 1.165) is 22.5 Å². The number of para-hydroxylation sites is 2. The van der Waals surface area contributed by atoms with Crippen LogP contribution in [-0.4, -0.2) is 63.7 Å². The van der Waals surface area contributed by atoms with Crippen molar-refractivity contribution in [2.45, 2.75) is 45.7 Å². The average molecular weight is 490 g/mol. The van der Waals surface area contributed by atoms with Crippen molar-refractivity contribution in [3.8, 4) is 5.75 Å². The lowest BCUT2D eigenvalue weighted by molar-refractivity contribution is -0.139. The molecule has 0 aliphatic heterocycles. The molecule has 2 aromatic carbocycles. The van der Waals surface area contributed by atoms with Crippen molar-refractivity contribution in [1.29, 1.82) is 0 Å². The number of hydrogen-bond acceptors (Lipinski definition) is 5. The van der Waals surface area contributed by atoms with E-state index in [1.165, 1.54) is 12.0 Å². The maximum atomic E-state index is 13.5. The van der Waals surface area contributed by atoms with Crippen molar-refractivity contribution >= 4 is 27.5 Å². The summed E-state index contributed by atoms with van der Waals surface area (Å²) in [5.74, 6) is -0.419. The number of methoxy groups -OCH3 is 1. The van der Waals surface area contributed by atoms with E-state index in [-0.39, 0.29) is 24.2 Å². The zero-order chi connectivity index (χ0) is 25.3.